The summed E-state index contributed by atoms with van der Waals surface area (Å²) < 4.78 is 30.5. The van der Waals surface area contributed by atoms with E-state index in [1.807, 2.05) is 0 Å². The molecule has 1 rings (SSSR count). The zero-order valence-corrected chi connectivity index (χ0v) is 11.6. The van der Waals surface area contributed by atoms with E-state index in [2.05, 4.69) is 4.72 Å². The molecular weight excluding hydrogens is 285 g/mol. The van der Waals surface area contributed by atoms with Crippen LogP contribution in [-0.4, -0.2) is 28.7 Å². The van der Waals surface area contributed by atoms with Crippen molar-refractivity contribution in [1.29, 1.82) is 0 Å². The minimum Gasteiger partial charge on any atom is -0.383 e. The Labute approximate surface area is 111 Å². The average Bonchev–Trinajstić information content (AvgIpc) is 2.24. The van der Waals surface area contributed by atoms with Crippen molar-refractivity contribution in [3.05, 3.63) is 33.8 Å². The van der Waals surface area contributed by atoms with E-state index in [0.717, 1.165) is 0 Å². The number of halogens is 2. The van der Waals surface area contributed by atoms with Gasteiger partial charge in [-0.05, 0) is 12.1 Å². The second-order valence-electron chi connectivity index (χ2n) is 3.35. The summed E-state index contributed by atoms with van der Waals surface area (Å²) in [6.45, 7) is 0.538. The standard InChI is InChI=1S/C10H13Cl2NO3S/c1-16-6-5-13-17(14,15)7-8-9(11)3-2-4-10(8)12/h2-4,13H,5-7H2,1H3. The summed E-state index contributed by atoms with van der Waals surface area (Å²) in [7, 11) is -1.95. The Balaban J connectivity index is 2.76. The van der Waals surface area contributed by atoms with Crippen LogP contribution in [0.25, 0.3) is 0 Å². The summed E-state index contributed by atoms with van der Waals surface area (Å²) in [6.07, 6.45) is 0. The molecule has 7 heteroatoms. The molecule has 0 radical (unpaired) electrons. The summed E-state index contributed by atoms with van der Waals surface area (Å²) >= 11 is 11.8. The number of benzene rings is 1. The second-order valence-corrected chi connectivity index (χ2v) is 5.97. The van der Waals surface area contributed by atoms with Crippen molar-refractivity contribution in [3.8, 4) is 0 Å². The monoisotopic (exact) mass is 297 g/mol. The molecule has 0 aliphatic rings. The Morgan fingerprint density at radius 3 is 2.41 bits per heavy atom. The topological polar surface area (TPSA) is 55.4 Å². The highest BCUT2D eigenvalue weighted by molar-refractivity contribution is 7.88. The fourth-order valence-electron chi connectivity index (χ4n) is 1.21. The minimum atomic E-state index is -3.45. The number of rotatable bonds is 6. The van der Waals surface area contributed by atoms with Crippen LogP contribution < -0.4 is 4.72 Å². The predicted molar refractivity (Wildman–Crippen MR) is 69.0 cm³/mol. The summed E-state index contributed by atoms with van der Waals surface area (Å²) in [4.78, 5) is 0. The predicted octanol–water partition coefficient (Wildman–Crippen LogP) is 2.06. The molecule has 0 heterocycles. The largest absolute Gasteiger partial charge is 0.383 e. The minimum absolute atomic E-state index is 0.223. The molecule has 1 aromatic carbocycles. The van der Waals surface area contributed by atoms with E-state index >= 15 is 0 Å². The Bertz CT molecular complexity index is 456. The highest BCUT2D eigenvalue weighted by Crippen LogP contribution is 2.25. The number of sulfonamides is 1. The van der Waals surface area contributed by atoms with Crippen molar-refractivity contribution in [2.45, 2.75) is 5.75 Å². The van der Waals surface area contributed by atoms with Crippen molar-refractivity contribution >= 4 is 33.2 Å². The average molecular weight is 298 g/mol. The van der Waals surface area contributed by atoms with Gasteiger partial charge in [-0.15, -0.1) is 0 Å². The van der Waals surface area contributed by atoms with Crippen LogP contribution in [0.5, 0.6) is 0 Å². The van der Waals surface area contributed by atoms with Crippen molar-refractivity contribution < 1.29 is 13.2 Å². The van der Waals surface area contributed by atoms with Gasteiger partial charge in [-0.25, -0.2) is 13.1 Å². The summed E-state index contributed by atoms with van der Waals surface area (Å²) in [5, 5.41) is 0.684. The van der Waals surface area contributed by atoms with Crippen LogP contribution in [0, 0.1) is 0 Å². The van der Waals surface area contributed by atoms with Gasteiger partial charge in [0.25, 0.3) is 0 Å². The van der Waals surface area contributed by atoms with Crippen LogP contribution in [0.2, 0.25) is 10.0 Å². The van der Waals surface area contributed by atoms with Crippen molar-refractivity contribution in [3.63, 3.8) is 0 Å². The third kappa shape index (κ3) is 4.81. The van der Waals surface area contributed by atoms with Gasteiger partial charge >= 0.3 is 0 Å². The number of ether oxygens (including phenoxy) is 1. The van der Waals surface area contributed by atoms with Gasteiger partial charge in [0.15, 0.2) is 0 Å². The van der Waals surface area contributed by atoms with E-state index < -0.39 is 10.0 Å². The second kappa shape index (κ2) is 6.56. The molecule has 0 bridgehead atoms. The third-order valence-electron chi connectivity index (χ3n) is 2.02. The lowest BCUT2D eigenvalue weighted by Crippen LogP contribution is -2.28. The molecule has 17 heavy (non-hydrogen) atoms. The maximum Gasteiger partial charge on any atom is 0.215 e. The normalized spacial score (nSPS) is 11.7. The highest BCUT2D eigenvalue weighted by atomic mass is 35.5. The molecule has 0 spiro atoms. The fraction of sp³-hybridized carbons (Fsp3) is 0.400. The lowest BCUT2D eigenvalue weighted by Gasteiger charge is -2.09. The molecular formula is C10H13Cl2NO3S. The molecule has 0 unspecified atom stereocenters. The SMILES string of the molecule is COCCNS(=O)(=O)Cc1c(Cl)cccc1Cl. The first-order valence-corrected chi connectivity index (χ1v) is 7.26. The van der Waals surface area contributed by atoms with Crippen LogP contribution in [0.1, 0.15) is 5.56 Å². The Hall–Kier alpha value is -0.330. The first-order chi connectivity index (χ1) is 7.96. The Kier molecular flexibility index (Phi) is 5.69. The van der Waals surface area contributed by atoms with E-state index in [0.29, 0.717) is 22.2 Å². The van der Waals surface area contributed by atoms with Crippen LogP contribution in [0.15, 0.2) is 18.2 Å². The van der Waals surface area contributed by atoms with Gasteiger partial charge in [-0.1, -0.05) is 29.3 Å². The smallest absolute Gasteiger partial charge is 0.215 e. The molecule has 0 saturated carbocycles. The molecule has 4 nitrogen and oxygen atoms in total. The van der Waals surface area contributed by atoms with E-state index in [4.69, 9.17) is 27.9 Å². The number of hydrogen-bond acceptors (Lipinski definition) is 3. The third-order valence-corrected chi connectivity index (χ3v) is 4.05. The molecule has 0 aliphatic heterocycles. The zero-order chi connectivity index (χ0) is 12.9. The van der Waals surface area contributed by atoms with Gasteiger partial charge < -0.3 is 4.74 Å². The lowest BCUT2D eigenvalue weighted by atomic mass is 10.2. The number of hydrogen-bond donors (Lipinski definition) is 1. The summed E-state index contributed by atoms with van der Waals surface area (Å²) in [6, 6.07) is 4.88. The van der Waals surface area contributed by atoms with Crippen molar-refractivity contribution in [2.24, 2.45) is 0 Å². The zero-order valence-electron chi connectivity index (χ0n) is 9.24. The molecule has 1 aromatic rings. The van der Waals surface area contributed by atoms with Gasteiger partial charge in [0.1, 0.15) is 0 Å². The van der Waals surface area contributed by atoms with Crippen LogP contribution in [0.4, 0.5) is 0 Å². The van der Waals surface area contributed by atoms with E-state index in [9.17, 15) is 8.42 Å². The van der Waals surface area contributed by atoms with Gasteiger partial charge in [0.05, 0.1) is 12.4 Å². The molecule has 0 amide bonds. The number of methoxy groups -OCH3 is 1. The quantitative estimate of drug-likeness (QED) is 0.818. The van der Waals surface area contributed by atoms with Crippen molar-refractivity contribution in [2.75, 3.05) is 20.3 Å². The summed E-state index contributed by atoms with van der Waals surface area (Å²) in [5.41, 5.74) is 0.403. The lowest BCUT2D eigenvalue weighted by molar-refractivity contribution is 0.204. The highest BCUT2D eigenvalue weighted by Gasteiger charge is 2.15. The Morgan fingerprint density at radius 1 is 1.29 bits per heavy atom. The summed E-state index contributed by atoms with van der Waals surface area (Å²) in [5.74, 6) is -0.241. The van der Waals surface area contributed by atoms with E-state index in [1.54, 1.807) is 18.2 Å². The van der Waals surface area contributed by atoms with E-state index in [1.165, 1.54) is 7.11 Å². The molecule has 0 aromatic heterocycles. The van der Waals surface area contributed by atoms with Crippen molar-refractivity contribution in [1.82, 2.24) is 4.72 Å². The van der Waals surface area contributed by atoms with Gasteiger partial charge in [-0.2, -0.15) is 0 Å². The van der Waals surface area contributed by atoms with Crippen LogP contribution in [-0.2, 0) is 20.5 Å². The number of nitrogens with one attached hydrogen (secondary N) is 1. The van der Waals surface area contributed by atoms with Crippen LogP contribution >= 0.6 is 23.2 Å². The van der Waals surface area contributed by atoms with Gasteiger partial charge in [0, 0.05) is 29.3 Å². The maximum absolute atomic E-state index is 11.7. The first kappa shape index (κ1) is 14.7. The van der Waals surface area contributed by atoms with Gasteiger partial charge in [-0.3, -0.25) is 0 Å². The maximum atomic E-state index is 11.7. The first-order valence-electron chi connectivity index (χ1n) is 4.85. The van der Waals surface area contributed by atoms with E-state index in [-0.39, 0.29) is 12.3 Å². The molecule has 0 saturated heterocycles. The fourth-order valence-corrected chi connectivity index (χ4v) is 3.09. The molecule has 1 N–H and O–H groups in total. The molecule has 0 atom stereocenters. The molecule has 0 fully saturated rings. The molecule has 0 aliphatic carbocycles. The van der Waals surface area contributed by atoms with Crippen LogP contribution in [0.3, 0.4) is 0 Å². The Morgan fingerprint density at radius 2 is 1.88 bits per heavy atom. The van der Waals surface area contributed by atoms with Gasteiger partial charge in [0.2, 0.25) is 10.0 Å². The molecule has 96 valence electrons.